The number of para-hydroxylation sites is 1. The molecule has 1 saturated carbocycles. The molecule has 2 heterocycles. The second-order valence-electron chi connectivity index (χ2n) is 9.59. The number of hydrogen-bond donors (Lipinski definition) is 3. The van der Waals surface area contributed by atoms with Crippen molar-refractivity contribution in [1.82, 2.24) is 29.1 Å². The van der Waals surface area contributed by atoms with Crippen LogP contribution in [0.15, 0.2) is 53.3 Å². The van der Waals surface area contributed by atoms with Gasteiger partial charge in [0.05, 0.1) is 22.9 Å². The van der Waals surface area contributed by atoms with Crippen LogP contribution in [0.25, 0.3) is 17.1 Å². The predicted molar refractivity (Wildman–Crippen MR) is 142 cm³/mol. The minimum atomic E-state index is -4.95. The third kappa shape index (κ3) is 5.87. The van der Waals surface area contributed by atoms with Crippen LogP contribution < -0.4 is 11.0 Å². The zero-order valence-electron chi connectivity index (χ0n) is 20.8. The van der Waals surface area contributed by atoms with Crippen molar-refractivity contribution >= 4 is 29.2 Å². The van der Waals surface area contributed by atoms with Crippen molar-refractivity contribution in [2.24, 2.45) is 0 Å². The third-order valence-corrected chi connectivity index (χ3v) is 7.21. The number of halogens is 5. The minimum absolute atomic E-state index is 0.0962. The monoisotopic (exact) mass is 597 g/mol. The molecule has 3 N–H and O–H groups in total. The van der Waals surface area contributed by atoms with Gasteiger partial charge >= 0.3 is 11.9 Å². The first kappa shape index (κ1) is 28.1. The lowest BCUT2D eigenvalue weighted by Crippen LogP contribution is -2.43. The molecule has 0 unspecified atom stereocenters. The summed E-state index contributed by atoms with van der Waals surface area (Å²) in [6.45, 7) is -1.15. The lowest BCUT2D eigenvalue weighted by molar-refractivity contribution is -0.207. The van der Waals surface area contributed by atoms with E-state index in [1.807, 2.05) is 0 Å². The van der Waals surface area contributed by atoms with Crippen LogP contribution in [0.3, 0.4) is 0 Å². The molecule has 15 heteroatoms. The molecule has 1 atom stereocenters. The fourth-order valence-corrected chi connectivity index (χ4v) is 4.61. The Hall–Kier alpha value is -3.39. The Labute approximate surface area is 235 Å². The van der Waals surface area contributed by atoms with Crippen LogP contribution in [-0.4, -0.2) is 63.8 Å². The van der Waals surface area contributed by atoms with E-state index in [0.717, 1.165) is 15.7 Å². The van der Waals surface area contributed by atoms with Crippen LogP contribution in [0, 0.1) is 0 Å². The highest BCUT2D eigenvalue weighted by atomic mass is 35.5. The van der Waals surface area contributed by atoms with Gasteiger partial charge in [-0.1, -0.05) is 35.3 Å². The summed E-state index contributed by atoms with van der Waals surface area (Å²) in [7, 11) is 0. The van der Waals surface area contributed by atoms with Crippen LogP contribution in [0.4, 0.5) is 19.1 Å². The van der Waals surface area contributed by atoms with E-state index in [4.69, 9.17) is 23.2 Å². The number of rotatable bonds is 9. The minimum Gasteiger partial charge on any atom is -0.388 e. The van der Waals surface area contributed by atoms with Gasteiger partial charge in [-0.15, -0.1) is 10.2 Å². The van der Waals surface area contributed by atoms with E-state index < -0.39 is 30.1 Å². The molecule has 5 rings (SSSR count). The standard InChI is InChI=1S/C25H24Cl2F3N7O3/c26-16-8-6-15(7-9-16)21-34-36(23(39)35(21)12-19(38)25(28,29)30)13-20-32-22(31-14-24(40)10-3-11-24)37(33-20)18-5-2-1-4-17(18)27/h1-2,4-9,19,38,40H,3,10-14H2,(H,31,32,33)/t19-/m0/s1. The van der Waals surface area contributed by atoms with E-state index in [1.54, 1.807) is 24.3 Å². The van der Waals surface area contributed by atoms with E-state index in [2.05, 4.69) is 20.5 Å². The van der Waals surface area contributed by atoms with Crippen molar-refractivity contribution in [2.45, 2.75) is 50.2 Å². The fourth-order valence-electron chi connectivity index (χ4n) is 4.26. The number of hydrogen-bond acceptors (Lipinski definition) is 7. The molecule has 2 aromatic heterocycles. The molecule has 10 nitrogen and oxygen atoms in total. The molecule has 40 heavy (non-hydrogen) atoms. The molecule has 1 fully saturated rings. The van der Waals surface area contributed by atoms with E-state index in [-0.39, 0.29) is 30.7 Å². The topological polar surface area (TPSA) is 123 Å². The highest BCUT2D eigenvalue weighted by molar-refractivity contribution is 6.32. The molecule has 0 amide bonds. The van der Waals surface area contributed by atoms with Crippen LogP contribution in [0.2, 0.25) is 10.0 Å². The quantitative estimate of drug-likeness (QED) is 0.267. The number of aromatic nitrogens is 6. The first-order valence-electron chi connectivity index (χ1n) is 12.3. The highest BCUT2D eigenvalue weighted by Gasteiger charge is 2.39. The van der Waals surface area contributed by atoms with Gasteiger partial charge in [-0.25, -0.2) is 9.48 Å². The van der Waals surface area contributed by atoms with Crippen LogP contribution >= 0.6 is 23.2 Å². The maximum Gasteiger partial charge on any atom is 0.416 e. The average molecular weight is 598 g/mol. The van der Waals surface area contributed by atoms with Gasteiger partial charge in [0.15, 0.2) is 17.8 Å². The predicted octanol–water partition coefficient (Wildman–Crippen LogP) is 3.90. The van der Waals surface area contributed by atoms with Gasteiger partial charge in [0, 0.05) is 17.1 Å². The van der Waals surface area contributed by atoms with E-state index in [0.29, 0.717) is 34.1 Å². The summed E-state index contributed by atoms with van der Waals surface area (Å²) in [5.74, 6) is 0.260. The number of anilines is 1. The summed E-state index contributed by atoms with van der Waals surface area (Å²) in [4.78, 5) is 17.7. The summed E-state index contributed by atoms with van der Waals surface area (Å²) in [6, 6.07) is 12.9. The molecule has 0 radical (unpaired) electrons. The largest absolute Gasteiger partial charge is 0.416 e. The van der Waals surface area contributed by atoms with Crippen molar-refractivity contribution in [2.75, 3.05) is 11.9 Å². The second kappa shape index (κ2) is 10.9. The summed E-state index contributed by atoms with van der Waals surface area (Å²) >= 11 is 12.3. The number of benzene rings is 2. The van der Waals surface area contributed by atoms with Gasteiger partial charge in [-0.05, 0) is 55.7 Å². The third-order valence-electron chi connectivity index (χ3n) is 6.64. The fraction of sp³-hybridized carbons (Fsp3) is 0.360. The summed E-state index contributed by atoms with van der Waals surface area (Å²) < 4.78 is 42.6. The number of aliphatic hydroxyl groups is 2. The number of nitrogens with one attached hydrogen (secondary N) is 1. The second-order valence-corrected chi connectivity index (χ2v) is 10.4. The first-order chi connectivity index (χ1) is 18.9. The number of alkyl halides is 3. The maximum atomic E-state index is 13.2. The van der Waals surface area contributed by atoms with Crippen molar-refractivity contribution in [3.05, 3.63) is 74.9 Å². The van der Waals surface area contributed by atoms with Crippen LogP contribution in [-0.2, 0) is 13.1 Å². The molecule has 0 aliphatic heterocycles. The number of nitrogens with zero attached hydrogens (tertiary/aromatic N) is 6. The highest BCUT2D eigenvalue weighted by Crippen LogP contribution is 2.32. The Balaban J connectivity index is 1.52. The van der Waals surface area contributed by atoms with E-state index in [1.165, 1.54) is 28.9 Å². The number of aliphatic hydroxyl groups excluding tert-OH is 1. The zero-order valence-corrected chi connectivity index (χ0v) is 22.3. The van der Waals surface area contributed by atoms with Gasteiger partial charge in [0.25, 0.3) is 0 Å². The lowest BCUT2D eigenvalue weighted by atomic mass is 9.80. The smallest absolute Gasteiger partial charge is 0.388 e. The molecule has 0 spiro atoms. The summed E-state index contributed by atoms with van der Waals surface area (Å²) in [5.41, 5.74) is -0.972. The van der Waals surface area contributed by atoms with Crippen molar-refractivity contribution in [3.8, 4) is 17.1 Å². The molecular weight excluding hydrogens is 574 g/mol. The molecule has 0 saturated heterocycles. The van der Waals surface area contributed by atoms with Gasteiger partial charge in [-0.3, -0.25) is 4.57 Å². The van der Waals surface area contributed by atoms with Crippen molar-refractivity contribution in [3.63, 3.8) is 0 Å². The van der Waals surface area contributed by atoms with Crippen molar-refractivity contribution < 1.29 is 23.4 Å². The summed E-state index contributed by atoms with van der Waals surface area (Å²) in [6.07, 6.45) is -5.56. The van der Waals surface area contributed by atoms with Gasteiger partial charge in [-0.2, -0.15) is 22.8 Å². The summed E-state index contributed by atoms with van der Waals surface area (Å²) in [5, 5.41) is 32.8. The molecule has 2 aromatic carbocycles. The van der Waals surface area contributed by atoms with Crippen molar-refractivity contribution in [1.29, 1.82) is 0 Å². The SMILES string of the molecule is O=c1n(Cc2nc(NCC3(O)CCC3)n(-c3ccccc3Cl)n2)nc(-c2ccc(Cl)cc2)n1C[C@H](O)C(F)(F)F. The molecule has 1 aliphatic rings. The lowest BCUT2D eigenvalue weighted by Gasteiger charge is -2.36. The molecule has 0 bridgehead atoms. The Morgan fingerprint density at radius 3 is 2.40 bits per heavy atom. The van der Waals surface area contributed by atoms with Gasteiger partial charge < -0.3 is 15.5 Å². The Bertz CT molecular complexity index is 1560. The Kier molecular flexibility index (Phi) is 7.66. The zero-order chi connectivity index (χ0) is 28.7. The first-order valence-corrected chi connectivity index (χ1v) is 13.0. The van der Waals surface area contributed by atoms with Gasteiger partial charge in [0.2, 0.25) is 5.95 Å². The van der Waals surface area contributed by atoms with E-state index in [9.17, 15) is 28.2 Å². The van der Waals surface area contributed by atoms with Gasteiger partial charge in [0.1, 0.15) is 6.54 Å². The van der Waals surface area contributed by atoms with Crippen LogP contribution in [0.5, 0.6) is 0 Å². The normalized spacial score (nSPS) is 15.6. The molecule has 212 valence electrons. The maximum absolute atomic E-state index is 13.2. The Morgan fingerprint density at radius 1 is 1.07 bits per heavy atom. The van der Waals surface area contributed by atoms with Crippen LogP contribution in [0.1, 0.15) is 25.1 Å². The average Bonchev–Trinajstić information content (AvgIpc) is 3.42. The van der Waals surface area contributed by atoms with E-state index >= 15 is 0 Å². The molecule has 4 aromatic rings. The molecule has 1 aliphatic carbocycles. The Morgan fingerprint density at radius 2 is 1.77 bits per heavy atom. The molecular formula is C25H24Cl2F3N7O3.